The number of carbonyl (C=O) groups is 2. The number of amides is 3. The molecule has 0 saturated carbocycles. The number of carbonyl (C=O) groups excluding carboxylic acids is 2. The van der Waals surface area contributed by atoms with E-state index in [-0.39, 0.29) is 30.1 Å². The van der Waals surface area contributed by atoms with Crippen LogP contribution in [0.3, 0.4) is 0 Å². The van der Waals surface area contributed by atoms with E-state index in [0.29, 0.717) is 52.2 Å². The summed E-state index contributed by atoms with van der Waals surface area (Å²) in [4.78, 5) is 31.8. The highest BCUT2D eigenvalue weighted by atomic mass is 16.5. The van der Waals surface area contributed by atoms with Crippen LogP contribution in [0.1, 0.15) is 32.3 Å². The van der Waals surface area contributed by atoms with Gasteiger partial charge in [-0.05, 0) is 44.4 Å². The highest BCUT2D eigenvalue weighted by Crippen LogP contribution is 2.22. The second-order valence-corrected chi connectivity index (χ2v) is 9.87. The van der Waals surface area contributed by atoms with Gasteiger partial charge < -0.3 is 29.3 Å². The SMILES string of the molecule is CC1CN(C(=O)C2CCN(C(=O)NCc3cccc(OCCN4CCOCC4)c3)CC2)CC(C)O1. The molecule has 3 aliphatic heterocycles. The van der Waals surface area contributed by atoms with Crippen molar-refractivity contribution in [3.63, 3.8) is 0 Å². The van der Waals surface area contributed by atoms with Crippen molar-refractivity contribution in [2.45, 2.75) is 45.4 Å². The van der Waals surface area contributed by atoms with Gasteiger partial charge in [0.2, 0.25) is 5.91 Å². The summed E-state index contributed by atoms with van der Waals surface area (Å²) in [5.41, 5.74) is 1.00. The van der Waals surface area contributed by atoms with E-state index in [9.17, 15) is 9.59 Å². The van der Waals surface area contributed by atoms with E-state index in [1.165, 1.54) is 0 Å². The maximum atomic E-state index is 13.0. The van der Waals surface area contributed by atoms with Crippen LogP contribution in [0.15, 0.2) is 24.3 Å². The monoisotopic (exact) mass is 488 g/mol. The first kappa shape index (κ1) is 25.7. The third kappa shape index (κ3) is 7.56. The topological polar surface area (TPSA) is 83.6 Å². The van der Waals surface area contributed by atoms with Gasteiger partial charge in [0.15, 0.2) is 0 Å². The minimum atomic E-state index is -0.0804. The molecule has 9 heteroatoms. The lowest BCUT2D eigenvalue weighted by molar-refractivity contribution is -0.148. The predicted molar refractivity (Wildman–Crippen MR) is 132 cm³/mol. The molecule has 0 aromatic heterocycles. The summed E-state index contributed by atoms with van der Waals surface area (Å²) in [6.45, 7) is 12.0. The van der Waals surface area contributed by atoms with Gasteiger partial charge in [0, 0.05) is 58.3 Å². The third-order valence-electron chi connectivity index (χ3n) is 6.98. The average Bonchev–Trinajstić information content (AvgIpc) is 2.87. The fourth-order valence-electron chi connectivity index (χ4n) is 5.10. The minimum absolute atomic E-state index is 0.0113. The number of urea groups is 1. The van der Waals surface area contributed by atoms with Gasteiger partial charge in [0.1, 0.15) is 12.4 Å². The Bertz CT molecular complexity index is 829. The van der Waals surface area contributed by atoms with Crippen molar-refractivity contribution < 1.29 is 23.8 Å². The Morgan fingerprint density at radius 2 is 1.74 bits per heavy atom. The molecule has 9 nitrogen and oxygen atoms in total. The van der Waals surface area contributed by atoms with Gasteiger partial charge in [0.25, 0.3) is 0 Å². The number of likely N-dealkylation sites (tertiary alicyclic amines) is 1. The number of benzene rings is 1. The molecule has 194 valence electrons. The largest absolute Gasteiger partial charge is 0.492 e. The van der Waals surface area contributed by atoms with Crippen LogP contribution in [0.5, 0.6) is 5.75 Å². The number of hydrogen-bond acceptors (Lipinski definition) is 6. The molecule has 3 saturated heterocycles. The van der Waals surface area contributed by atoms with E-state index >= 15 is 0 Å². The van der Waals surface area contributed by atoms with Crippen molar-refractivity contribution in [3.8, 4) is 5.75 Å². The van der Waals surface area contributed by atoms with Crippen LogP contribution in [0.2, 0.25) is 0 Å². The number of ether oxygens (including phenoxy) is 3. The summed E-state index contributed by atoms with van der Waals surface area (Å²) < 4.78 is 17.0. The summed E-state index contributed by atoms with van der Waals surface area (Å²) >= 11 is 0. The number of rotatable bonds is 7. The zero-order chi connectivity index (χ0) is 24.6. The third-order valence-corrected chi connectivity index (χ3v) is 6.98. The van der Waals surface area contributed by atoms with Crippen molar-refractivity contribution in [1.29, 1.82) is 0 Å². The Kier molecular flexibility index (Phi) is 9.23. The van der Waals surface area contributed by atoms with Crippen molar-refractivity contribution in [1.82, 2.24) is 20.0 Å². The van der Waals surface area contributed by atoms with Gasteiger partial charge in [-0.25, -0.2) is 4.79 Å². The summed E-state index contributed by atoms with van der Waals surface area (Å²) in [7, 11) is 0. The molecule has 3 fully saturated rings. The zero-order valence-electron chi connectivity index (χ0n) is 21.1. The van der Waals surface area contributed by atoms with Crippen molar-refractivity contribution >= 4 is 11.9 Å². The van der Waals surface area contributed by atoms with Gasteiger partial charge in [0.05, 0.1) is 25.4 Å². The maximum Gasteiger partial charge on any atom is 0.317 e. The van der Waals surface area contributed by atoms with E-state index < -0.39 is 0 Å². The molecule has 0 radical (unpaired) electrons. The van der Waals surface area contributed by atoms with Crippen LogP contribution in [0.25, 0.3) is 0 Å². The molecule has 2 unspecified atom stereocenters. The second-order valence-electron chi connectivity index (χ2n) is 9.87. The van der Waals surface area contributed by atoms with Gasteiger partial charge in [-0.3, -0.25) is 9.69 Å². The van der Waals surface area contributed by atoms with Crippen LogP contribution in [0.4, 0.5) is 4.79 Å². The fraction of sp³-hybridized carbons (Fsp3) is 0.692. The quantitative estimate of drug-likeness (QED) is 0.632. The Balaban J connectivity index is 1.17. The van der Waals surface area contributed by atoms with Gasteiger partial charge in [-0.2, -0.15) is 0 Å². The van der Waals surface area contributed by atoms with E-state index in [0.717, 1.165) is 44.2 Å². The van der Waals surface area contributed by atoms with E-state index in [1.54, 1.807) is 0 Å². The summed E-state index contributed by atoms with van der Waals surface area (Å²) in [5.74, 6) is 1.01. The minimum Gasteiger partial charge on any atom is -0.492 e. The zero-order valence-corrected chi connectivity index (χ0v) is 21.1. The number of morpholine rings is 2. The molecular formula is C26H40N4O5. The normalized spacial score (nSPS) is 24.3. The van der Waals surface area contributed by atoms with E-state index in [1.807, 2.05) is 47.9 Å². The first-order chi connectivity index (χ1) is 17.0. The predicted octanol–water partition coefficient (Wildman–Crippen LogP) is 1.96. The standard InChI is InChI=1S/C26H40N4O5/c1-20-18-30(19-21(2)35-20)25(31)23-6-8-29(9-7-23)26(32)27-17-22-4-3-5-24(16-22)34-15-12-28-10-13-33-14-11-28/h3-5,16,20-21,23H,6-15,17-19H2,1-2H3,(H,27,32). The summed E-state index contributed by atoms with van der Waals surface area (Å²) in [6.07, 6.45) is 1.56. The average molecular weight is 489 g/mol. The van der Waals surface area contributed by atoms with E-state index in [4.69, 9.17) is 14.2 Å². The number of nitrogens with one attached hydrogen (secondary N) is 1. The number of hydrogen-bond donors (Lipinski definition) is 1. The van der Waals surface area contributed by atoms with Gasteiger partial charge in [-0.15, -0.1) is 0 Å². The molecule has 2 atom stereocenters. The summed E-state index contributed by atoms with van der Waals surface area (Å²) in [5, 5.41) is 3.02. The lowest BCUT2D eigenvalue weighted by Gasteiger charge is -2.39. The second kappa shape index (κ2) is 12.6. The Morgan fingerprint density at radius 3 is 2.46 bits per heavy atom. The van der Waals surface area contributed by atoms with Crippen LogP contribution < -0.4 is 10.1 Å². The summed E-state index contributed by atoms with van der Waals surface area (Å²) in [6, 6.07) is 7.79. The maximum absolute atomic E-state index is 13.0. The van der Waals surface area contributed by atoms with Crippen LogP contribution in [0, 0.1) is 5.92 Å². The smallest absolute Gasteiger partial charge is 0.317 e. The lowest BCUT2D eigenvalue weighted by Crippen LogP contribution is -2.52. The van der Waals surface area contributed by atoms with Crippen LogP contribution in [-0.4, -0.2) is 104 Å². The highest BCUT2D eigenvalue weighted by Gasteiger charge is 2.33. The van der Waals surface area contributed by atoms with Crippen molar-refractivity contribution in [2.24, 2.45) is 5.92 Å². The Hall–Kier alpha value is -2.36. The molecule has 4 rings (SSSR count). The molecule has 3 amide bonds. The Morgan fingerprint density at radius 1 is 1.03 bits per heavy atom. The van der Waals surface area contributed by atoms with Gasteiger partial charge in [-0.1, -0.05) is 12.1 Å². The van der Waals surface area contributed by atoms with Crippen LogP contribution in [-0.2, 0) is 20.8 Å². The highest BCUT2D eigenvalue weighted by molar-refractivity contribution is 5.80. The Labute approximate surface area is 208 Å². The molecular weight excluding hydrogens is 448 g/mol. The number of piperidine rings is 1. The fourth-order valence-corrected chi connectivity index (χ4v) is 5.10. The molecule has 35 heavy (non-hydrogen) atoms. The molecule has 3 heterocycles. The van der Waals surface area contributed by atoms with Crippen molar-refractivity contribution in [2.75, 3.05) is 65.6 Å². The van der Waals surface area contributed by atoms with Crippen LogP contribution >= 0.6 is 0 Å². The number of nitrogens with zero attached hydrogens (tertiary/aromatic N) is 3. The molecule has 0 aliphatic carbocycles. The molecule has 1 aromatic rings. The molecule has 1 aromatic carbocycles. The van der Waals surface area contributed by atoms with Crippen molar-refractivity contribution in [3.05, 3.63) is 29.8 Å². The first-order valence-corrected chi connectivity index (χ1v) is 13.0. The first-order valence-electron chi connectivity index (χ1n) is 13.0. The molecule has 0 spiro atoms. The van der Waals surface area contributed by atoms with E-state index in [2.05, 4.69) is 10.2 Å². The molecule has 0 bridgehead atoms. The lowest BCUT2D eigenvalue weighted by atomic mass is 9.95. The van der Waals surface area contributed by atoms with Gasteiger partial charge >= 0.3 is 6.03 Å². The molecule has 3 aliphatic rings. The molecule has 1 N–H and O–H groups in total.